The molecular formula is C19H22N2O3. The zero-order valence-electron chi connectivity index (χ0n) is 14.1. The molecule has 0 aromatic heterocycles. The minimum atomic E-state index is -0.232. The van der Waals surface area contributed by atoms with Crippen LogP contribution in [0.25, 0.3) is 0 Å². The Labute approximate surface area is 142 Å². The van der Waals surface area contributed by atoms with Crippen molar-refractivity contribution in [1.82, 2.24) is 0 Å². The zero-order chi connectivity index (χ0) is 17.5. The molecule has 0 aliphatic rings. The largest absolute Gasteiger partial charge is 0.377 e. The van der Waals surface area contributed by atoms with E-state index in [1.165, 1.54) is 0 Å². The van der Waals surface area contributed by atoms with E-state index in [1.54, 1.807) is 38.3 Å². The standard InChI is InChI=1S/C19H22N2O3/c1-4-18(22)20-16-9-6-8-15(12-16)19(23)21-17-10-5-7-14(11-17)13(2)24-3/h5-13H,4H2,1-3H3,(H,20,22)(H,21,23). The first-order chi connectivity index (χ1) is 11.5. The smallest absolute Gasteiger partial charge is 0.255 e. The van der Waals surface area contributed by atoms with Crippen LogP contribution in [-0.2, 0) is 9.53 Å². The average Bonchev–Trinajstić information content (AvgIpc) is 2.61. The van der Waals surface area contributed by atoms with Crippen LogP contribution < -0.4 is 10.6 Å². The molecule has 24 heavy (non-hydrogen) atoms. The summed E-state index contributed by atoms with van der Waals surface area (Å²) in [4.78, 5) is 23.9. The topological polar surface area (TPSA) is 67.4 Å². The van der Waals surface area contributed by atoms with E-state index in [4.69, 9.17) is 4.74 Å². The predicted octanol–water partition coefficient (Wildman–Crippen LogP) is 3.99. The molecule has 1 unspecified atom stereocenters. The van der Waals surface area contributed by atoms with Gasteiger partial charge in [-0.15, -0.1) is 0 Å². The minimum Gasteiger partial charge on any atom is -0.377 e. The molecule has 2 N–H and O–H groups in total. The molecule has 2 rings (SSSR count). The number of hydrogen-bond donors (Lipinski definition) is 2. The third kappa shape index (κ3) is 4.67. The normalized spacial score (nSPS) is 11.6. The van der Waals surface area contributed by atoms with Crippen molar-refractivity contribution in [2.75, 3.05) is 17.7 Å². The van der Waals surface area contributed by atoms with Crippen molar-refractivity contribution in [3.63, 3.8) is 0 Å². The summed E-state index contributed by atoms with van der Waals surface area (Å²) in [6.45, 7) is 3.72. The molecule has 0 heterocycles. The van der Waals surface area contributed by atoms with Crippen LogP contribution in [0.1, 0.15) is 42.3 Å². The van der Waals surface area contributed by atoms with Gasteiger partial charge in [0, 0.05) is 30.5 Å². The summed E-state index contributed by atoms with van der Waals surface area (Å²) in [6, 6.07) is 14.4. The van der Waals surface area contributed by atoms with E-state index >= 15 is 0 Å². The van der Waals surface area contributed by atoms with Crippen LogP contribution in [0.5, 0.6) is 0 Å². The minimum absolute atomic E-state index is 0.0468. The molecular weight excluding hydrogens is 304 g/mol. The van der Waals surface area contributed by atoms with Crippen molar-refractivity contribution < 1.29 is 14.3 Å². The fourth-order valence-electron chi connectivity index (χ4n) is 2.20. The molecule has 0 spiro atoms. The number of ether oxygens (including phenoxy) is 1. The molecule has 5 nitrogen and oxygen atoms in total. The molecule has 1 atom stereocenters. The van der Waals surface area contributed by atoms with E-state index in [-0.39, 0.29) is 17.9 Å². The van der Waals surface area contributed by atoms with Gasteiger partial charge in [0.1, 0.15) is 0 Å². The van der Waals surface area contributed by atoms with E-state index in [2.05, 4.69) is 10.6 Å². The van der Waals surface area contributed by atoms with Gasteiger partial charge in [-0.3, -0.25) is 9.59 Å². The molecule has 0 saturated heterocycles. The molecule has 2 aromatic rings. The molecule has 126 valence electrons. The number of rotatable bonds is 6. The van der Waals surface area contributed by atoms with Gasteiger partial charge in [-0.2, -0.15) is 0 Å². The highest BCUT2D eigenvalue weighted by Crippen LogP contribution is 2.20. The second-order valence-electron chi connectivity index (χ2n) is 5.44. The van der Waals surface area contributed by atoms with Crippen molar-refractivity contribution in [3.05, 3.63) is 59.7 Å². The summed E-state index contributed by atoms with van der Waals surface area (Å²) < 4.78 is 5.29. The Hall–Kier alpha value is -2.66. The monoisotopic (exact) mass is 326 g/mol. The summed E-state index contributed by atoms with van der Waals surface area (Å²) >= 11 is 0. The lowest BCUT2D eigenvalue weighted by molar-refractivity contribution is -0.115. The Balaban J connectivity index is 2.12. The van der Waals surface area contributed by atoms with Crippen molar-refractivity contribution in [1.29, 1.82) is 0 Å². The van der Waals surface area contributed by atoms with Gasteiger partial charge in [0.2, 0.25) is 5.91 Å². The van der Waals surface area contributed by atoms with E-state index in [0.29, 0.717) is 23.4 Å². The molecule has 2 amide bonds. The molecule has 0 bridgehead atoms. The summed E-state index contributed by atoms with van der Waals surface area (Å²) in [7, 11) is 1.64. The van der Waals surface area contributed by atoms with Crippen molar-refractivity contribution in [3.8, 4) is 0 Å². The van der Waals surface area contributed by atoms with E-state index < -0.39 is 0 Å². The van der Waals surface area contributed by atoms with E-state index in [0.717, 1.165) is 5.56 Å². The van der Waals surface area contributed by atoms with Crippen LogP contribution in [0.2, 0.25) is 0 Å². The van der Waals surface area contributed by atoms with Gasteiger partial charge in [0.05, 0.1) is 6.10 Å². The van der Waals surface area contributed by atoms with Gasteiger partial charge < -0.3 is 15.4 Å². The van der Waals surface area contributed by atoms with Crippen LogP contribution in [0.3, 0.4) is 0 Å². The van der Waals surface area contributed by atoms with Crippen molar-refractivity contribution in [2.24, 2.45) is 0 Å². The third-order valence-corrected chi connectivity index (χ3v) is 3.70. The maximum Gasteiger partial charge on any atom is 0.255 e. The average molecular weight is 326 g/mol. The van der Waals surface area contributed by atoms with Gasteiger partial charge >= 0.3 is 0 Å². The number of benzene rings is 2. The zero-order valence-corrected chi connectivity index (χ0v) is 14.1. The Morgan fingerprint density at radius 2 is 1.71 bits per heavy atom. The Bertz CT molecular complexity index is 728. The van der Waals surface area contributed by atoms with Crippen LogP contribution in [0.15, 0.2) is 48.5 Å². The molecule has 5 heteroatoms. The molecule has 0 aliphatic carbocycles. The third-order valence-electron chi connectivity index (χ3n) is 3.70. The fraction of sp³-hybridized carbons (Fsp3) is 0.263. The highest BCUT2D eigenvalue weighted by Gasteiger charge is 2.10. The summed E-state index contributed by atoms with van der Waals surface area (Å²) in [5.41, 5.74) is 2.77. The van der Waals surface area contributed by atoms with E-state index in [1.807, 2.05) is 31.2 Å². The van der Waals surface area contributed by atoms with Gasteiger partial charge in [-0.05, 0) is 42.8 Å². The number of methoxy groups -OCH3 is 1. The summed E-state index contributed by atoms with van der Waals surface area (Å²) in [5, 5.41) is 5.61. The Morgan fingerprint density at radius 1 is 1.04 bits per heavy atom. The van der Waals surface area contributed by atoms with Crippen molar-refractivity contribution >= 4 is 23.2 Å². The number of hydrogen-bond acceptors (Lipinski definition) is 3. The first-order valence-corrected chi connectivity index (χ1v) is 7.87. The number of carbonyl (C=O) groups is 2. The fourth-order valence-corrected chi connectivity index (χ4v) is 2.20. The van der Waals surface area contributed by atoms with Crippen molar-refractivity contribution in [2.45, 2.75) is 26.4 Å². The predicted molar refractivity (Wildman–Crippen MR) is 95.2 cm³/mol. The van der Waals surface area contributed by atoms with Crippen LogP contribution in [0, 0.1) is 0 Å². The first-order valence-electron chi connectivity index (χ1n) is 7.87. The molecule has 2 aromatic carbocycles. The second-order valence-corrected chi connectivity index (χ2v) is 5.44. The summed E-state index contributed by atoms with van der Waals surface area (Å²) in [6.07, 6.45) is 0.343. The molecule has 0 aliphatic heterocycles. The lowest BCUT2D eigenvalue weighted by Gasteiger charge is -2.12. The number of nitrogens with one attached hydrogen (secondary N) is 2. The maximum absolute atomic E-state index is 12.4. The highest BCUT2D eigenvalue weighted by atomic mass is 16.5. The quantitative estimate of drug-likeness (QED) is 0.843. The number of amides is 2. The van der Waals surface area contributed by atoms with Crippen LogP contribution in [-0.4, -0.2) is 18.9 Å². The Morgan fingerprint density at radius 3 is 2.38 bits per heavy atom. The van der Waals surface area contributed by atoms with Crippen LogP contribution in [0.4, 0.5) is 11.4 Å². The number of anilines is 2. The molecule has 0 saturated carbocycles. The van der Waals surface area contributed by atoms with Gasteiger partial charge in [-0.1, -0.05) is 25.1 Å². The molecule has 0 fully saturated rings. The van der Waals surface area contributed by atoms with Gasteiger partial charge in [-0.25, -0.2) is 0 Å². The van der Waals surface area contributed by atoms with Gasteiger partial charge in [0.25, 0.3) is 5.91 Å². The Kier molecular flexibility index (Phi) is 6.09. The van der Waals surface area contributed by atoms with E-state index in [9.17, 15) is 9.59 Å². The maximum atomic E-state index is 12.4. The first kappa shape index (κ1) is 17.7. The lowest BCUT2D eigenvalue weighted by atomic mass is 10.1. The van der Waals surface area contributed by atoms with Crippen LogP contribution >= 0.6 is 0 Å². The lowest BCUT2D eigenvalue weighted by Crippen LogP contribution is -2.14. The molecule has 0 radical (unpaired) electrons. The SMILES string of the molecule is CCC(=O)Nc1cccc(C(=O)Nc2cccc(C(C)OC)c2)c1. The summed E-state index contributed by atoms with van der Waals surface area (Å²) in [5.74, 6) is -0.321. The highest BCUT2D eigenvalue weighted by molar-refractivity contribution is 6.05. The second kappa shape index (κ2) is 8.26. The number of carbonyl (C=O) groups excluding carboxylic acids is 2. The van der Waals surface area contributed by atoms with Gasteiger partial charge in [0.15, 0.2) is 0 Å².